The van der Waals surface area contributed by atoms with E-state index in [1.807, 2.05) is 0 Å². The van der Waals surface area contributed by atoms with Crippen molar-refractivity contribution >= 4 is 27.8 Å². The van der Waals surface area contributed by atoms with E-state index in [9.17, 15) is 9.59 Å². The number of esters is 1. The van der Waals surface area contributed by atoms with Crippen LogP contribution in [0.3, 0.4) is 0 Å². The van der Waals surface area contributed by atoms with Gasteiger partial charge in [0.05, 0.1) is 11.4 Å². The Hall–Kier alpha value is -0.580. The second-order valence-corrected chi connectivity index (χ2v) is 3.97. The minimum Gasteiger partial charge on any atom is -0.464 e. The van der Waals surface area contributed by atoms with Crippen LogP contribution in [-0.4, -0.2) is 29.4 Å². The number of alkyl halides is 1. The van der Waals surface area contributed by atoms with Crippen LogP contribution >= 0.6 is 15.9 Å². The molecule has 0 saturated carbocycles. The van der Waals surface area contributed by atoms with Crippen LogP contribution in [0.4, 0.5) is 0 Å². The zero-order chi connectivity index (χ0) is 10.4. The molecule has 0 aliphatic carbocycles. The predicted molar refractivity (Wildman–Crippen MR) is 52.6 cm³/mol. The lowest BCUT2D eigenvalue weighted by Crippen LogP contribution is -2.42. The third kappa shape index (κ3) is 4.87. The van der Waals surface area contributed by atoms with Gasteiger partial charge in [-0.1, -0.05) is 15.9 Å². The van der Waals surface area contributed by atoms with Gasteiger partial charge in [0.15, 0.2) is 0 Å². The van der Waals surface area contributed by atoms with Crippen LogP contribution in [0.5, 0.6) is 0 Å². The lowest BCUT2D eigenvalue weighted by Gasteiger charge is -2.13. The average molecular weight is 252 g/mol. The van der Waals surface area contributed by atoms with Gasteiger partial charge in [0.2, 0.25) is 5.91 Å². The van der Waals surface area contributed by atoms with E-state index < -0.39 is 12.0 Å². The van der Waals surface area contributed by atoms with Crippen LogP contribution in [0, 0.1) is 0 Å². The largest absolute Gasteiger partial charge is 0.464 e. The normalized spacial score (nSPS) is 14.5. The van der Waals surface area contributed by atoms with E-state index in [0.717, 1.165) is 0 Å². The summed E-state index contributed by atoms with van der Waals surface area (Å²) in [4.78, 5) is 21.8. The fourth-order valence-electron chi connectivity index (χ4n) is 0.654. The standard InChI is InChI=1S/C8H14BrNO3/c1-4-13-8(12)6(3)10-7(11)5(2)9/h5-6H,4H2,1-3H3,(H,10,11)/t5?,6-/m0/s1. The molecular formula is C8H14BrNO3. The van der Waals surface area contributed by atoms with E-state index in [0.29, 0.717) is 6.61 Å². The van der Waals surface area contributed by atoms with Crippen LogP contribution < -0.4 is 5.32 Å². The number of halogens is 1. The number of amides is 1. The minimum absolute atomic E-state index is 0.222. The maximum atomic E-state index is 11.1. The highest BCUT2D eigenvalue weighted by atomic mass is 79.9. The zero-order valence-corrected chi connectivity index (χ0v) is 9.55. The fraction of sp³-hybridized carbons (Fsp3) is 0.750. The van der Waals surface area contributed by atoms with Crippen molar-refractivity contribution in [2.75, 3.05) is 6.61 Å². The summed E-state index contributed by atoms with van der Waals surface area (Å²) in [5.74, 6) is -0.635. The summed E-state index contributed by atoms with van der Waals surface area (Å²) in [6, 6.07) is -0.590. The molecule has 0 aromatic rings. The third-order valence-electron chi connectivity index (χ3n) is 1.36. The molecule has 0 aromatic carbocycles. The maximum absolute atomic E-state index is 11.1. The second-order valence-electron chi connectivity index (χ2n) is 2.60. The SMILES string of the molecule is CCOC(=O)[C@H](C)NC(=O)C(C)Br. The number of rotatable bonds is 4. The Balaban J connectivity index is 3.92. The van der Waals surface area contributed by atoms with Crippen LogP contribution in [0.25, 0.3) is 0 Å². The predicted octanol–water partition coefficient (Wildman–Crippen LogP) is 0.838. The van der Waals surface area contributed by atoms with Crippen molar-refractivity contribution in [2.24, 2.45) is 0 Å². The van der Waals surface area contributed by atoms with Crippen molar-refractivity contribution in [3.63, 3.8) is 0 Å². The van der Waals surface area contributed by atoms with Gasteiger partial charge in [-0.25, -0.2) is 4.79 Å². The molecule has 0 radical (unpaired) electrons. The Morgan fingerprint density at radius 2 is 2.00 bits per heavy atom. The number of carbonyl (C=O) groups is 2. The summed E-state index contributed by atoms with van der Waals surface area (Å²) in [6.45, 7) is 5.32. The summed E-state index contributed by atoms with van der Waals surface area (Å²) in [5, 5.41) is 2.50. The molecule has 0 bridgehead atoms. The molecular weight excluding hydrogens is 238 g/mol. The van der Waals surface area contributed by atoms with Gasteiger partial charge in [0.25, 0.3) is 0 Å². The van der Waals surface area contributed by atoms with Gasteiger partial charge in [-0.3, -0.25) is 4.79 Å². The van der Waals surface area contributed by atoms with Crippen LogP contribution in [0.1, 0.15) is 20.8 Å². The Bertz CT molecular complexity index is 194. The molecule has 0 heterocycles. The highest BCUT2D eigenvalue weighted by Crippen LogP contribution is 1.98. The molecule has 0 aliphatic rings. The van der Waals surface area contributed by atoms with Crippen molar-refractivity contribution in [3.8, 4) is 0 Å². The topological polar surface area (TPSA) is 55.4 Å². The molecule has 1 amide bonds. The van der Waals surface area contributed by atoms with Crippen molar-refractivity contribution < 1.29 is 14.3 Å². The molecule has 76 valence electrons. The smallest absolute Gasteiger partial charge is 0.328 e. The quantitative estimate of drug-likeness (QED) is 0.595. The Kier molecular flexibility index (Phi) is 5.70. The molecule has 13 heavy (non-hydrogen) atoms. The molecule has 4 nitrogen and oxygen atoms in total. The molecule has 0 aromatic heterocycles. The summed E-state index contributed by atoms with van der Waals surface area (Å²) in [7, 11) is 0. The van der Waals surface area contributed by atoms with Gasteiger partial charge in [-0.05, 0) is 20.8 Å². The monoisotopic (exact) mass is 251 g/mol. The minimum atomic E-state index is -0.590. The number of ether oxygens (including phenoxy) is 1. The number of carbonyl (C=O) groups excluding carboxylic acids is 2. The Labute approximate surface area is 86.1 Å². The van der Waals surface area contributed by atoms with Crippen molar-refractivity contribution in [3.05, 3.63) is 0 Å². The number of hydrogen-bond acceptors (Lipinski definition) is 3. The number of nitrogens with one attached hydrogen (secondary N) is 1. The molecule has 0 spiro atoms. The highest BCUT2D eigenvalue weighted by Gasteiger charge is 2.18. The summed E-state index contributed by atoms with van der Waals surface area (Å²) < 4.78 is 4.72. The first kappa shape index (κ1) is 12.4. The van der Waals surface area contributed by atoms with Crippen LogP contribution in [0.15, 0.2) is 0 Å². The van der Waals surface area contributed by atoms with E-state index >= 15 is 0 Å². The molecule has 5 heteroatoms. The summed E-state index contributed by atoms with van der Waals surface area (Å²) in [5.41, 5.74) is 0. The zero-order valence-electron chi connectivity index (χ0n) is 7.96. The fourth-order valence-corrected chi connectivity index (χ4v) is 0.787. The van der Waals surface area contributed by atoms with E-state index in [1.165, 1.54) is 0 Å². The van der Waals surface area contributed by atoms with Crippen molar-refractivity contribution in [1.29, 1.82) is 0 Å². The molecule has 1 unspecified atom stereocenters. The van der Waals surface area contributed by atoms with Crippen LogP contribution in [-0.2, 0) is 14.3 Å². The first-order valence-corrected chi connectivity index (χ1v) is 5.01. The molecule has 0 fully saturated rings. The molecule has 0 saturated heterocycles. The summed E-state index contributed by atoms with van der Waals surface area (Å²) >= 11 is 3.09. The highest BCUT2D eigenvalue weighted by molar-refractivity contribution is 9.10. The third-order valence-corrected chi connectivity index (χ3v) is 1.78. The van der Waals surface area contributed by atoms with Gasteiger partial charge in [-0.15, -0.1) is 0 Å². The second kappa shape index (κ2) is 5.96. The Morgan fingerprint density at radius 1 is 1.46 bits per heavy atom. The molecule has 1 N–H and O–H groups in total. The van der Waals surface area contributed by atoms with Crippen LogP contribution in [0.2, 0.25) is 0 Å². The van der Waals surface area contributed by atoms with E-state index in [-0.39, 0.29) is 10.7 Å². The van der Waals surface area contributed by atoms with Gasteiger partial charge in [0, 0.05) is 0 Å². The van der Waals surface area contributed by atoms with E-state index in [4.69, 9.17) is 4.74 Å². The van der Waals surface area contributed by atoms with Gasteiger partial charge in [-0.2, -0.15) is 0 Å². The first-order valence-electron chi connectivity index (χ1n) is 4.10. The van der Waals surface area contributed by atoms with Gasteiger partial charge >= 0.3 is 5.97 Å². The number of hydrogen-bond donors (Lipinski definition) is 1. The van der Waals surface area contributed by atoms with Crippen molar-refractivity contribution in [1.82, 2.24) is 5.32 Å². The van der Waals surface area contributed by atoms with Gasteiger partial charge < -0.3 is 10.1 Å². The van der Waals surface area contributed by atoms with E-state index in [2.05, 4.69) is 21.2 Å². The average Bonchev–Trinajstić information content (AvgIpc) is 2.04. The van der Waals surface area contributed by atoms with Gasteiger partial charge in [0.1, 0.15) is 6.04 Å². The Morgan fingerprint density at radius 3 is 2.38 bits per heavy atom. The molecule has 2 atom stereocenters. The maximum Gasteiger partial charge on any atom is 0.328 e. The first-order chi connectivity index (χ1) is 5.99. The van der Waals surface area contributed by atoms with E-state index in [1.54, 1.807) is 20.8 Å². The van der Waals surface area contributed by atoms with Crippen molar-refractivity contribution in [2.45, 2.75) is 31.6 Å². The molecule has 0 rings (SSSR count). The lowest BCUT2D eigenvalue weighted by molar-refractivity contribution is -0.146. The lowest BCUT2D eigenvalue weighted by atomic mass is 10.3. The summed E-state index contributed by atoms with van der Waals surface area (Å²) in [6.07, 6.45) is 0. The molecule has 0 aliphatic heterocycles.